The molecule has 0 spiro atoms. The van der Waals surface area contributed by atoms with Crippen molar-refractivity contribution >= 4 is 11.7 Å². The van der Waals surface area contributed by atoms with E-state index < -0.39 is 18.3 Å². The van der Waals surface area contributed by atoms with Crippen molar-refractivity contribution in [2.24, 2.45) is 29.4 Å². The number of likely N-dealkylation sites (tertiary alicyclic amines) is 2. The number of fused-ring (bicyclic) bond motifs is 1. The lowest BCUT2D eigenvalue weighted by atomic mass is 9.77. The maximum atomic E-state index is 13.6. The number of amides is 1. The summed E-state index contributed by atoms with van der Waals surface area (Å²) in [5.41, 5.74) is 5.81. The number of amidine groups is 1. The number of alkyl halides is 4. The molecule has 2 aliphatic heterocycles. The lowest BCUT2D eigenvalue weighted by Gasteiger charge is -2.41. The van der Waals surface area contributed by atoms with E-state index in [4.69, 9.17) is 11.1 Å². The Kier molecular flexibility index (Phi) is 7.03. The van der Waals surface area contributed by atoms with Crippen LogP contribution < -0.4 is 5.73 Å². The van der Waals surface area contributed by atoms with Crippen molar-refractivity contribution in [3.05, 3.63) is 0 Å². The fraction of sp³-hybridized carbons (Fsp3) is 0.913. The average Bonchev–Trinajstić information content (AvgIpc) is 3.11. The van der Waals surface area contributed by atoms with Crippen molar-refractivity contribution in [1.29, 1.82) is 5.41 Å². The van der Waals surface area contributed by atoms with Gasteiger partial charge in [0.1, 0.15) is 6.17 Å². The molecule has 1 amide bonds. The van der Waals surface area contributed by atoms with Gasteiger partial charge in [-0.3, -0.25) is 15.1 Å². The van der Waals surface area contributed by atoms with E-state index in [1.165, 1.54) is 0 Å². The largest absolute Gasteiger partial charge is 0.391 e. The molecule has 9 heteroatoms. The maximum Gasteiger partial charge on any atom is 0.391 e. The van der Waals surface area contributed by atoms with E-state index in [2.05, 4.69) is 4.90 Å². The van der Waals surface area contributed by atoms with Crippen LogP contribution in [0.25, 0.3) is 0 Å². The van der Waals surface area contributed by atoms with E-state index in [1.54, 1.807) is 4.90 Å². The summed E-state index contributed by atoms with van der Waals surface area (Å²) in [5, 5.41) is 7.90. The van der Waals surface area contributed by atoms with Crippen LogP contribution in [0, 0.1) is 29.1 Å². The summed E-state index contributed by atoms with van der Waals surface area (Å²) in [5.74, 6) is -0.456. The van der Waals surface area contributed by atoms with Gasteiger partial charge in [0, 0.05) is 31.6 Å². The third-order valence-corrected chi connectivity index (χ3v) is 8.55. The Morgan fingerprint density at radius 2 is 1.62 bits per heavy atom. The minimum atomic E-state index is -4.12. The number of piperidine rings is 1. The number of nitrogens with two attached hydrogens (primary N) is 1. The van der Waals surface area contributed by atoms with Gasteiger partial charge < -0.3 is 10.6 Å². The fourth-order valence-electron chi connectivity index (χ4n) is 6.58. The Labute approximate surface area is 187 Å². The summed E-state index contributed by atoms with van der Waals surface area (Å²) < 4.78 is 52.9. The lowest BCUT2D eigenvalue weighted by Crippen LogP contribution is -2.52. The van der Waals surface area contributed by atoms with Gasteiger partial charge in [0.2, 0.25) is 5.91 Å². The molecule has 3 N–H and O–H groups in total. The SMILES string of the molecule is N=C(N)C1CCC2CC(C(=O)N3CCC(F)CC3)N(CC3CCC(C(F)(F)F)CC3)C2C1. The third kappa shape index (κ3) is 5.07. The second-order valence-corrected chi connectivity index (χ2v) is 10.5. The van der Waals surface area contributed by atoms with Crippen LogP contribution in [0.5, 0.6) is 0 Å². The molecule has 2 saturated heterocycles. The summed E-state index contributed by atoms with van der Waals surface area (Å²) in [7, 11) is 0. The molecule has 32 heavy (non-hydrogen) atoms. The molecule has 4 rings (SSSR count). The van der Waals surface area contributed by atoms with E-state index in [0.29, 0.717) is 51.2 Å². The van der Waals surface area contributed by atoms with Gasteiger partial charge in [0.05, 0.1) is 17.8 Å². The Hall–Kier alpha value is -1.38. The van der Waals surface area contributed by atoms with Gasteiger partial charge in [-0.25, -0.2) is 4.39 Å². The van der Waals surface area contributed by atoms with Gasteiger partial charge in [0.25, 0.3) is 0 Å². The summed E-state index contributed by atoms with van der Waals surface area (Å²) in [6, 6.07) is -0.141. The molecule has 182 valence electrons. The molecule has 0 aromatic heterocycles. The first-order valence-electron chi connectivity index (χ1n) is 12.2. The van der Waals surface area contributed by atoms with E-state index in [-0.39, 0.29) is 48.5 Å². The smallest absolute Gasteiger partial charge is 0.387 e. The fourth-order valence-corrected chi connectivity index (χ4v) is 6.58. The molecule has 2 saturated carbocycles. The number of carbonyl (C=O) groups excluding carboxylic acids is 1. The molecular weight excluding hydrogens is 424 g/mol. The Morgan fingerprint density at radius 3 is 2.22 bits per heavy atom. The lowest BCUT2D eigenvalue weighted by molar-refractivity contribution is -0.184. The quantitative estimate of drug-likeness (QED) is 0.377. The zero-order chi connectivity index (χ0) is 23.0. The van der Waals surface area contributed by atoms with Crippen molar-refractivity contribution in [2.45, 2.75) is 88.6 Å². The van der Waals surface area contributed by atoms with Crippen molar-refractivity contribution in [2.75, 3.05) is 19.6 Å². The van der Waals surface area contributed by atoms with E-state index in [0.717, 1.165) is 25.7 Å². The third-order valence-electron chi connectivity index (χ3n) is 8.55. The van der Waals surface area contributed by atoms with Crippen molar-refractivity contribution < 1.29 is 22.4 Å². The number of rotatable bonds is 4. The van der Waals surface area contributed by atoms with E-state index in [1.807, 2.05) is 0 Å². The predicted molar refractivity (Wildman–Crippen MR) is 114 cm³/mol. The molecule has 4 unspecified atom stereocenters. The summed E-state index contributed by atoms with van der Waals surface area (Å²) >= 11 is 0. The highest BCUT2D eigenvalue weighted by Crippen LogP contribution is 2.45. The van der Waals surface area contributed by atoms with E-state index >= 15 is 0 Å². The Bertz CT molecular complexity index is 686. The zero-order valence-corrected chi connectivity index (χ0v) is 18.6. The van der Waals surface area contributed by atoms with Crippen LogP contribution in [-0.2, 0) is 4.79 Å². The van der Waals surface area contributed by atoms with Crippen LogP contribution in [0.2, 0.25) is 0 Å². The molecule has 0 aromatic rings. The normalized spacial score (nSPS) is 37.3. The first kappa shape index (κ1) is 23.8. The van der Waals surface area contributed by atoms with Crippen LogP contribution in [-0.4, -0.2) is 65.6 Å². The predicted octanol–water partition coefficient (Wildman–Crippen LogP) is 4.11. The first-order valence-corrected chi connectivity index (χ1v) is 12.2. The van der Waals surface area contributed by atoms with Crippen LogP contribution in [0.15, 0.2) is 0 Å². The van der Waals surface area contributed by atoms with Gasteiger partial charge in [-0.1, -0.05) is 0 Å². The van der Waals surface area contributed by atoms with Crippen LogP contribution in [0.3, 0.4) is 0 Å². The summed E-state index contributed by atoms with van der Waals surface area (Å²) in [6.07, 6.45) is 0.435. The van der Waals surface area contributed by atoms with Gasteiger partial charge in [-0.15, -0.1) is 0 Å². The van der Waals surface area contributed by atoms with Gasteiger partial charge in [0.15, 0.2) is 0 Å². The number of nitrogens with one attached hydrogen (secondary N) is 1. The number of hydrogen-bond acceptors (Lipinski definition) is 3. The molecule has 4 aliphatic rings. The first-order chi connectivity index (χ1) is 15.1. The topological polar surface area (TPSA) is 73.4 Å². The van der Waals surface area contributed by atoms with Crippen LogP contribution in [0.4, 0.5) is 17.6 Å². The summed E-state index contributed by atoms with van der Waals surface area (Å²) in [4.78, 5) is 17.5. The minimum absolute atomic E-state index is 0.0100. The maximum absolute atomic E-state index is 13.6. The number of hydrogen-bond donors (Lipinski definition) is 2. The highest BCUT2D eigenvalue weighted by Gasteiger charge is 2.49. The molecule has 0 radical (unpaired) electrons. The standard InChI is InChI=1S/C23H36F4N4O/c24-18-7-9-30(10-8-18)22(32)20-11-15-3-4-16(21(28)29)12-19(15)31(20)13-14-1-5-17(6-2-14)23(25,26)27/h14-20H,1-13H2,(H3,28,29). The molecule has 0 aromatic carbocycles. The molecule has 4 fully saturated rings. The Balaban J connectivity index is 1.46. The second-order valence-electron chi connectivity index (χ2n) is 10.5. The zero-order valence-electron chi connectivity index (χ0n) is 18.6. The molecule has 0 bridgehead atoms. The highest BCUT2D eigenvalue weighted by molar-refractivity contribution is 5.83. The van der Waals surface area contributed by atoms with E-state index in [9.17, 15) is 22.4 Å². The van der Waals surface area contributed by atoms with Crippen LogP contribution >= 0.6 is 0 Å². The van der Waals surface area contributed by atoms with Crippen LogP contribution in [0.1, 0.15) is 64.2 Å². The number of halogens is 4. The second kappa shape index (κ2) is 9.47. The molecule has 2 aliphatic carbocycles. The molecule has 2 heterocycles. The average molecular weight is 461 g/mol. The number of nitrogens with zero attached hydrogens (tertiary/aromatic N) is 2. The van der Waals surface area contributed by atoms with Crippen molar-refractivity contribution in [3.8, 4) is 0 Å². The van der Waals surface area contributed by atoms with Crippen molar-refractivity contribution in [3.63, 3.8) is 0 Å². The van der Waals surface area contributed by atoms with Gasteiger partial charge in [-0.05, 0) is 76.0 Å². The monoisotopic (exact) mass is 460 g/mol. The van der Waals surface area contributed by atoms with Gasteiger partial charge >= 0.3 is 6.18 Å². The Morgan fingerprint density at radius 1 is 0.969 bits per heavy atom. The van der Waals surface area contributed by atoms with Crippen molar-refractivity contribution in [1.82, 2.24) is 9.80 Å². The number of carbonyl (C=O) groups is 1. The molecular formula is C23H36F4N4O. The molecule has 4 atom stereocenters. The minimum Gasteiger partial charge on any atom is -0.387 e. The molecule has 5 nitrogen and oxygen atoms in total. The highest BCUT2D eigenvalue weighted by atomic mass is 19.4. The summed E-state index contributed by atoms with van der Waals surface area (Å²) in [6.45, 7) is 1.51. The van der Waals surface area contributed by atoms with Gasteiger partial charge in [-0.2, -0.15) is 13.2 Å².